The molecule has 10 nitrogen and oxygen atoms in total. The third kappa shape index (κ3) is 3.39. The van der Waals surface area contributed by atoms with E-state index in [-0.39, 0.29) is 24.1 Å². The van der Waals surface area contributed by atoms with Crippen LogP contribution in [0.4, 0.5) is 0 Å². The van der Waals surface area contributed by atoms with Gasteiger partial charge in [-0.15, -0.1) is 0 Å². The number of hydrogen-bond acceptors (Lipinski definition) is 6. The van der Waals surface area contributed by atoms with E-state index in [2.05, 4.69) is 32.1 Å². The largest absolute Gasteiger partial charge is 0.346 e. The number of nitrogens with one attached hydrogen (secondary N) is 1. The summed E-state index contributed by atoms with van der Waals surface area (Å²) in [5.74, 6) is -0.0106. The van der Waals surface area contributed by atoms with Crippen molar-refractivity contribution in [3.8, 4) is 5.82 Å². The summed E-state index contributed by atoms with van der Waals surface area (Å²) in [6.07, 6.45) is 9.30. The predicted molar refractivity (Wildman–Crippen MR) is 98.2 cm³/mol. The highest BCUT2D eigenvalue weighted by molar-refractivity contribution is 5.92. The van der Waals surface area contributed by atoms with E-state index >= 15 is 0 Å². The highest BCUT2D eigenvalue weighted by atomic mass is 16.2. The molecule has 0 saturated carbocycles. The molecule has 3 aromatic heterocycles. The zero-order valence-electron chi connectivity index (χ0n) is 15.0. The van der Waals surface area contributed by atoms with Crippen LogP contribution in [0.1, 0.15) is 21.7 Å². The molecule has 4 rings (SSSR count). The number of aromatic nitrogens is 6. The van der Waals surface area contributed by atoms with Gasteiger partial charge in [-0.05, 0) is 12.1 Å². The van der Waals surface area contributed by atoms with Crippen molar-refractivity contribution in [2.45, 2.75) is 19.6 Å². The molecule has 0 atom stereocenters. The van der Waals surface area contributed by atoms with Crippen LogP contribution in [0.5, 0.6) is 0 Å². The zero-order valence-corrected chi connectivity index (χ0v) is 15.0. The molecule has 1 aliphatic heterocycles. The molecular formula is C18H18N8O2. The van der Waals surface area contributed by atoms with Gasteiger partial charge in [-0.3, -0.25) is 19.3 Å². The van der Waals surface area contributed by atoms with E-state index in [4.69, 9.17) is 0 Å². The molecule has 142 valence electrons. The first-order valence-electron chi connectivity index (χ1n) is 8.71. The number of amides is 2. The SMILES string of the molecule is C=CC(=O)N1CCn2ncc(CNC(=O)c3cncc(-n4cccn4)n3)c2C1. The summed E-state index contributed by atoms with van der Waals surface area (Å²) >= 11 is 0. The van der Waals surface area contributed by atoms with Crippen molar-refractivity contribution >= 4 is 11.8 Å². The molecule has 1 aliphatic rings. The van der Waals surface area contributed by atoms with Crippen LogP contribution in [-0.4, -0.2) is 52.8 Å². The number of nitrogens with zero attached hydrogens (tertiary/aromatic N) is 7. The maximum absolute atomic E-state index is 12.5. The zero-order chi connectivity index (χ0) is 19.5. The van der Waals surface area contributed by atoms with E-state index in [1.54, 1.807) is 29.6 Å². The van der Waals surface area contributed by atoms with Crippen LogP contribution in [0.15, 0.2) is 49.7 Å². The van der Waals surface area contributed by atoms with E-state index < -0.39 is 0 Å². The molecule has 0 bridgehead atoms. The summed E-state index contributed by atoms with van der Waals surface area (Å²) in [6.45, 7) is 5.44. The van der Waals surface area contributed by atoms with Crippen molar-refractivity contribution in [2.24, 2.45) is 0 Å². The van der Waals surface area contributed by atoms with Gasteiger partial charge in [0.25, 0.3) is 5.91 Å². The molecule has 1 N–H and O–H groups in total. The van der Waals surface area contributed by atoms with Crippen molar-refractivity contribution in [3.05, 3.63) is 66.7 Å². The molecule has 2 amide bonds. The fraction of sp³-hybridized carbons (Fsp3) is 0.222. The van der Waals surface area contributed by atoms with Crippen molar-refractivity contribution in [3.63, 3.8) is 0 Å². The normalized spacial score (nSPS) is 13.1. The van der Waals surface area contributed by atoms with Crippen LogP contribution in [0, 0.1) is 0 Å². The average molecular weight is 378 g/mol. The minimum atomic E-state index is -0.351. The number of hydrogen-bond donors (Lipinski definition) is 1. The Morgan fingerprint density at radius 3 is 2.89 bits per heavy atom. The number of rotatable bonds is 5. The molecule has 10 heteroatoms. The highest BCUT2D eigenvalue weighted by Gasteiger charge is 2.22. The van der Waals surface area contributed by atoms with Gasteiger partial charge in [0.05, 0.1) is 37.4 Å². The number of carbonyl (C=O) groups excluding carboxylic acids is 2. The highest BCUT2D eigenvalue weighted by Crippen LogP contribution is 2.17. The Kier molecular flexibility index (Phi) is 4.67. The first-order valence-corrected chi connectivity index (χ1v) is 8.71. The van der Waals surface area contributed by atoms with Crippen LogP contribution in [-0.2, 0) is 24.4 Å². The Balaban J connectivity index is 1.45. The van der Waals surface area contributed by atoms with Crippen LogP contribution in [0.3, 0.4) is 0 Å². The van der Waals surface area contributed by atoms with Crippen LogP contribution >= 0.6 is 0 Å². The second-order valence-corrected chi connectivity index (χ2v) is 6.20. The molecular weight excluding hydrogens is 360 g/mol. The fourth-order valence-corrected chi connectivity index (χ4v) is 3.01. The van der Waals surface area contributed by atoms with Crippen molar-refractivity contribution in [2.75, 3.05) is 6.54 Å². The van der Waals surface area contributed by atoms with E-state index in [1.165, 1.54) is 23.2 Å². The summed E-state index contributed by atoms with van der Waals surface area (Å²) in [6, 6.07) is 1.76. The predicted octanol–water partition coefficient (Wildman–Crippen LogP) is 0.317. The van der Waals surface area contributed by atoms with Crippen molar-refractivity contribution in [1.29, 1.82) is 0 Å². The first kappa shape index (κ1) is 17.6. The van der Waals surface area contributed by atoms with Gasteiger partial charge >= 0.3 is 0 Å². The smallest absolute Gasteiger partial charge is 0.271 e. The Bertz CT molecular complexity index is 1020. The molecule has 4 heterocycles. The lowest BCUT2D eigenvalue weighted by Crippen LogP contribution is -2.38. The monoisotopic (exact) mass is 378 g/mol. The van der Waals surface area contributed by atoms with Gasteiger partial charge in [0, 0.05) is 31.0 Å². The Hall–Kier alpha value is -3.82. The van der Waals surface area contributed by atoms with Gasteiger partial charge in [0.1, 0.15) is 5.69 Å². The molecule has 0 unspecified atom stereocenters. The van der Waals surface area contributed by atoms with Gasteiger partial charge in [-0.25, -0.2) is 9.67 Å². The number of fused-ring (bicyclic) bond motifs is 1. The first-order chi connectivity index (χ1) is 13.7. The second-order valence-electron chi connectivity index (χ2n) is 6.20. The molecule has 0 aromatic carbocycles. The average Bonchev–Trinajstić information content (AvgIpc) is 3.41. The summed E-state index contributed by atoms with van der Waals surface area (Å²) < 4.78 is 3.38. The maximum atomic E-state index is 12.5. The second kappa shape index (κ2) is 7.43. The van der Waals surface area contributed by atoms with Gasteiger partial charge < -0.3 is 10.2 Å². The van der Waals surface area contributed by atoms with E-state index in [0.717, 1.165) is 11.3 Å². The van der Waals surface area contributed by atoms with Crippen LogP contribution in [0.2, 0.25) is 0 Å². The van der Waals surface area contributed by atoms with Gasteiger partial charge in [0.15, 0.2) is 5.82 Å². The minimum absolute atomic E-state index is 0.117. The Morgan fingerprint density at radius 1 is 1.21 bits per heavy atom. The molecule has 0 spiro atoms. The molecule has 3 aromatic rings. The lowest BCUT2D eigenvalue weighted by molar-refractivity contribution is -0.127. The maximum Gasteiger partial charge on any atom is 0.271 e. The van der Waals surface area contributed by atoms with Gasteiger partial charge in [-0.1, -0.05) is 6.58 Å². The molecule has 0 aliphatic carbocycles. The molecule has 28 heavy (non-hydrogen) atoms. The Morgan fingerprint density at radius 2 is 2.11 bits per heavy atom. The molecule has 0 saturated heterocycles. The van der Waals surface area contributed by atoms with E-state index in [9.17, 15) is 9.59 Å². The van der Waals surface area contributed by atoms with E-state index in [1.807, 2.05) is 4.68 Å². The molecule has 0 fully saturated rings. The lowest BCUT2D eigenvalue weighted by Gasteiger charge is -2.27. The minimum Gasteiger partial charge on any atom is -0.346 e. The van der Waals surface area contributed by atoms with Gasteiger partial charge in [0.2, 0.25) is 5.91 Å². The van der Waals surface area contributed by atoms with Crippen LogP contribution in [0.25, 0.3) is 5.82 Å². The quantitative estimate of drug-likeness (QED) is 0.640. The summed E-state index contributed by atoms with van der Waals surface area (Å²) in [7, 11) is 0. The standard InChI is InChI=1S/C18H18N8O2/c1-2-17(27)24-6-7-25-15(12-24)13(9-22-25)8-20-18(28)14-10-19-11-16(23-14)26-5-3-4-21-26/h2-5,9-11H,1,6-8,12H2,(H,20,28). The lowest BCUT2D eigenvalue weighted by atomic mass is 10.2. The third-order valence-corrected chi connectivity index (χ3v) is 4.48. The van der Waals surface area contributed by atoms with Gasteiger partial charge in [-0.2, -0.15) is 10.2 Å². The molecule has 0 radical (unpaired) electrons. The topological polar surface area (TPSA) is 111 Å². The summed E-state index contributed by atoms with van der Waals surface area (Å²) in [5, 5.41) is 11.3. The summed E-state index contributed by atoms with van der Waals surface area (Å²) in [4.78, 5) is 34.4. The van der Waals surface area contributed by atoms with Crippen LogP contribution < -0.4 is 5.32 Å². The summed E-state index contributed by atoms with van der Waals surface area (Å²) in [5.41, 5.74) is 1.95. The van der Waals surface area contributed by atoms with E-state index in [0.29, 0.717) is 25.5 Å². The van der Waals surface area contributed by atoms with Crippen molar-refractivity contribution < 1.29 is 9.59 Å². The van der Waals surface area contributed by atoms with Crippen molar-refractivity contribution in [1.82, 2.24) is 39.7 Å². The Labute approximate surface area is 160 Å². The third-order valence-electron chi connectivity index (χ3n) is 4.48. The fourth-order valence-electron chi connectivity index (χ4n) is 3.01. The number of carbonyl (C=O) groups is 2.